The van der Waals surface area contributed by atoms with Crippen molar-refractivity contribution in [3.63, 3.8) is 0 Å². The maximum atomic E-state index is 13.9. The number of rotatable bonds is 2. The van der Waals surface area contributed by atoms with Crippen LogP contribution in [0.5, 0.6) is 5.75 Å². The van der Waals surface area contributed by atoms with Crippen molar-refractivity contribution in [2.75, 3.05) is 7.11 Å². The Kier molecular flexibility index (Phi) is 3.69. The number of para-hydroxylation sites is 1. The highest BCUT2D eigenvalue weighted by molar-refractivity contribution is 9.10. The van der Waals surface area contributed by atoms with Gasteiger partial charge in [0, 0.05) is 20.6 Å². The predicted molar refractivity (Wildman–Crippen MR) is 71.1 cm³/mol. The molecule has 0 unspecified atom stereocenters. The molecule has 88 valence electrons. The van der Waals surface area contributed by atoms with Gasteiger partial charge in [0.25, 0.3) is 0 Å². The van der Waals surface area contributed by atoms with Gasteiger partial charge in [0.15, 0.2) is 0 Å². The van der Waals surface area contributed by atoms with Crippen molar-refractivity contribution in [2.24, 2.45) is 0 Å². The molecule has 0 radical (unpaired) electrons. The van der Waals surface area contributed by atoms with Crippen LogP contribution in [-0.2, 0) is 0 Å². The van der Waals surface area contributed by atoms with Crippen molar-refractivity contribution >= 4 is 27.5 Å². The first-order chi connectivity index (χ1) is 8.13. The highest BCUT2D eigenvalue weighted by Crippen LogP contribution is 2.38. The Labute approximate surface area is 112 Å². The second-order valence-electron chi connectivity index (χ2n) is 3.44. The standard InChI is InChI=1S/C13H9BrClFO/c1-17-12-5-3-2-4-9(12)13-10(14)6-8(15)7-11(13)16/h2-7H,1H3. The molecule has 0 fully saturated rings. The molecule has 0 aromatic heterocycles. The largest absolute Gasteiger partial charge is 0.496 e. The van der Waals surface area contributed by atoms with E-state index in [4.69, 9.17) is 16.3 Å². The van der Waals surface area contributed by atoms with Gasteiger partial charge in [0.2, 0.25) is 0 Å². The molecule has 2 rings (SSSR count). The Morgan fingerprint density at radius 2 is 1.94 bits per heavy atom. The van der Waals surface area contributed by atoms with E-state index in [1.165, 1.54) is 6.07 Å². The first-order valence-electron chi connectivity index (χ1n) is 4.91. The summed E-state index contributed by atoms with van der Waals surface area (Å²) in [6.07, 6.45) is 0. The summed E-state index contributed by atoms with van der Waals surface area (Å²) in [5, 5.41) is 0.355. The van der Waals surface area contributed by atoms with Crippen LogP contribution in [0.15, 0.2) is 40.9 Å². The lowest BCUT2D eigenvalue weighted by Crippen LogP contribution is -1.91. The van der Waals surface area contributed by atoms with E-state index in [9.17, 15) is 4.39 Å². The minimum atomic E-state index is -0.381. The van der Waals surface area contributed by atoms with Gasteiger partial charge in [-0.2, -0.15) is 0 Å². The maximum absolute atomic E-state index is 13.9. The van der Waals surface area contributed by atoms with Crippen LogP contribution in [0, 0.1) is 5.82 Å². The summed E-state index contributed by atoms with van der Waals surface area (Å²) in [5.41, 5.74) is 1.14. The zero-order chi connectivity index (χ0) is 12.4. The summed E-state index contributed by atoms with van der Waals surface area (Å²) in [6.45, 7) is 0. The van der Waals surface area contributed by atoms with E-state index in [2.05, 4.69) is 15.9 Å². The molecule has 1 nitrogen and oxygen atoms in total. The van der Waals surface area contributed by atoms with Crippen LogP contribution in [0.3, 0.4) is 0 Å². The molecule has 0 amide bonds. The molecule has 4 heteroatoms. The van der Waals surface area contributed by atoms with Gasteiger partial charge in [-0.1, -0.05) is 29.8 Å². The third-order valence-corrected chi connectivity index (χ3v) is 3.23. The first-order valence-corrected chi connectivity index (χ1v) is 6.08. The Morgan fingerprint density at radius 3 is 2.59 bits per heavy atom. The van der Waals surface area contributed by atoms with Gasteiger partial charge in [0.1, 0.15) is 11.6 Å². The summed E-state index contributed by atoms with van der Waals surface area (Å²) in [4.78, 5) is 0. The lowest BCUT2D eigenvalue weighted by atomic mass is 10.0. The third-order valence-electron chi connectivity index (χ3n) is 2.38. The van der Waals surface area contributed by atoms with Crippen molar-refractivity contribution in [1.29, 1.82) is 0 Å². The summed E-state index contributed by atoms with van der Waals surface area (Å²) < 4.78 is 19.8. The van der Waals surface area contributed by atoms with Gasteiger partial charge in [-0.3, -0.25) is 0 Å². The van der Waals surface area contributed by atoms with Gasteiger partial charge in [0.05, 0.1) is 7.11 Å². The number of benzene rings is 2. The zero-order valence-electron chi connectivity index (χ0n) is 9.01. The lowest BCUT2D eigenvalue weighted by Gasteiger charge is -2.11. The highest BCUT2D eigenvalue weighted by Gasteiger charge is 2.14. The second kappa shape index (κ2) is 5.07. The van der Waals surface area contributed by atoms with E-state index in [1.54, 1.807) is 25.3 Å². The number of ether oxygens (including phenoxy) is 1. The topological polar surface area (TPSA) is 9.23 Å². The van der Waals surface area contributed by atoms with E-state index in [0.29, 0.717) is 26.4 Å². The van der Waals surface area contributed by atoms with Crippen molar-refractivity contribution in [2.45, 2.75) is 0 Å². The molecule has 0 saturated carbocycles. The summed E-state index contributed by atoms with van der Waals surface area (Å²) in [7, 11) is 1.56. The third kappa shape index (κ3) is 2.45. The first kappa shape index (κ1) is 12.4. The van der Waals surface area contributed by atoms with Crippen LogP contribution in [0.25, 0.3) is 11.1 Å². The van der Waals surface area contributed by atoms with Crippen molar-refractivity contribution in [3.05, 3.63) is 51.7 Å². The molecule has 0 saturated heterocycles. The predicted octanol–water partition coefficient (Wildman–Crippen LogP) is 4.92. The smallest absolute Gasteiger partial charge is 0.133 e. The van der Waals surface area contributed by atoms with Crippen molar-refractivity contribution in [1.82, 2.24) is 0 Å². The molecule has 2 aromatic carbocycles. The molecule has 0 bridgehead atoms. The second-order valence-corrected chi connectivity index (χ2v) is 4.74. The van der Waals surface area contributed by atoms with E-state index in [0.717, 1.165) is 0 Å². The average molecular weight is 316 g/mol. The summed E-state index contributed by atoms with van der Waals surface area (Å²) in [5.74, 6) is 0.239. The van der Waals surface area contributed by atoms with Gasteiger partial charge in [-0.05, 0) is 34.1 Å². The number of halogens is 3. The highest BCUT2D eigenvalue weighted by atomic mass is 79.9. The molecular formula is C13H9BrClFO. The maximum Gasteiger partial charge on any atom is 0.133 e. The molecule has 0 heterocycles. The van der Waals surface area contributed by atoms with Crippen molar-refractivity contribution < 1.29 is 9.13 Å². The molecular weight excluding hydrogens is 306 g/mol. The minimum Gasteiger partial charge on any atom is -0.496 e. The Morgan fingerprint density at radius 1 is 1.24 bits per heavy atom. The summed E-state index contributed by atoms with van der Waals surface area (Å²) in [6, 6.07) is 10.2. The van der Waals surface area contributed by atoms with E-state index in [-0.39, 0.29) is 5.82 Å². The monoisotopic (exact) mass is 314 g/mol. The Balaban J connectivity index is 2.68. The number of hydrogen-bond acceptors (Lipinski definition) is 1. The molecule has 17 heavy (non-hydrogen) atoms. The molecule has 0 spiro atoms. The molecule has 0 atom stereocenters. The van der Waals surface area contributed by atoms with Crippen LogP contribution in [0.1, 0.15) is 0 Å². The van der Waals surface area contributed by atoms with Crippen LogP contribution in [0.4, 0.5) is 4.39 Å². The minimum absolute atomic E-state index is 0.355. The fraction of sp³-hybridized carbons (Fsp3) is 0.0769. The number of hydrogen-bond donors (Lipinski definition) is 0. The van der Waals surface area contributed by atoms with Gasteiger partial charge >= 0.3 is 0 Å². The lowest BCUT2D eigenvalue weighted by molar-refractivity contribution is 0.416. The van der Waals surface area contributed by atoms with E-state index >= 15 is 0 Å². The Hall–Kier alpha value is -1.06. The molecule has 0 aliphatic heterocycles. The van der Waals surface area contributed by atoms with Crippen LogP contribution >= 0.6 is 27.5 Å². The fourth-order valence-electron chi connectivity index (χ4n) is 1.65. The normalized spacial score (nSPS) is 10.4. The molecule has 0 aliphatic carbocycles. The molecule has 2 aromatic rings. The van der Waals surface area contributed by atoms with Crippen LogP contribution in [0.2, 0.25) is 5.02 Å². The van der Waals surface area contributed by atoms with Gasteiger partial charge in [-0.15, -0.1) is 0 Å². The molecule has 0 N–H and O–H groups in total. The Bertz CT molecular complexity index is 534. The van der Waals surface area contributed by atoms with Gasteiger partial charge < -0.3 is 4.74 Å². The van der Waals surface area contributed by atoms with Crippen LogP contribution in [-0.4, -0.2) is 7.11 Å². The zero-order valence-corrected chi connectivity index (χ0v) is 11.3. The molecule has 0 aliphatic rings. The van der Waals surface area contributed by atoms with Crippen LogP contribution < -0.4 is 4.74 Å². The SMILES string of the molecule is COc1ccccc1-c1c(F)cc(Cl)cc1Br. The quantitative estimate of drug-likeness (QED) is 0.764. The fourth-order valence-corrected chi connectivity index (χ4v) is 2.64. The number of methoxy groups -OCH3 is 1. The average Bonchev–Trinajstić information content (AvgIpc) is 2.28. The summed E-state index contributed by atoms with van der Waals surface area (Å²) >= 11 is 9.10. The van der Waals surface area contributed by atoms with E-state index < -0.39 is 0 Å². The van der Waals surface area contributed by atoms with Crippen molar-refractivity contribution in [3.8, 4) is 16.9 Å². The van der Waals surface area contributed by atoms with E-state index in [1.807, 2.05) is 12.1 Å². The van der Waals surface area contributed by atoms with Gasteiger partial charge in [-0.25, -0.2) is 4.39 Å².